The minimum Gasteiger partial charge on any atom is -0.481 e. The zero-order valence-corrected chi connectivity index (χ0v) is 13.7. The van der Waals surface area contributed by atoms with Crippen LogP contribution in [0.1, 0.15) is 42.4 Å². The van der Waals surface area contributed by atoms with E-state index >= 15 is 0 Å². The molecule has 1 saturated carbocycles. The molecule has 0 saturated heterocycles. The van der Waals surface area contributed by atoms with Crippen molar-refractivity contribution in [3.63, 3.8) is 0 Å². The second-order valence-electron chi connectivity index (χ2n) is 5.79. The molecule has 4 heteroatoms. The van der Waals surface area contributed by atoms with Crippen molar-refractivity contribution in [3.8, 4) is 0 Å². The Bertz CT molecular complexity index is 470. The molecule has 2 N–H and O–H groups in total. The van der Waals surface area contributed by atoms with Gasteiger partial charge in [0, 0.05) is 17.1 Å². The lowest BCUT2D eigenvalue weighted by atomic mass is 9.86. The maximum Gasteiger partial charge on any atom is 0.306 e. The third-order valence-electron chi connectivity index (χ3n) is 4.30. The van der Waals surface area contributed by atoms with Gasteiger partial charge in [0.05, 0.1) is 5.92 Å². The van der Waals surface area contributed by atoms with E-state index in [2.05, 4.69) is 47.2 Å². The summed E-state index contributed by atoms with van der Waals surface area (Å²) >= 11 is 3.52. The molecular weight excluding hydrogens is 318 g/mol. The van der Waals surface area contributed by atoms with Crippen molar-refractivity contribution in [3.05, 3.63) is 33.3 Å². The van der Waals surface area contributed by atoms with Crippen LogP contribution in [0, 0.1) is 19.8 Å². The number of halogens is 1. The summed E-state index contributed by atoms with van der Waals surface area (Å²) in [5.41, 5.74) is 3.95. The van der Waals surface area contributed by atoms with Gasteiger partial charge in [0.1, 0.15) is 0 Å². The molecule has 0 amide bonds. The van der Waals surface area contributed by atoms with Crippen molar-refractivity contribution in [1.82, 2.24) is 5.32 Å². The average molecular weight is 340 g/mol. The molecule has 20 heavy (non-hydrogen) atoms. The van der Waals surface area contributed by atoms with Crippen molar-refractivity contribution in [2.75, 3.05) is 0 Å². The van der Waals surface area contributed by atoms with Gasteiger partial charge in [-0.05, 0) is 68.4 Å². The molecule has 0 aliphatic heterocycles. The SMILES string of the molecule is Cc1cc(Br)cc(C)c1CNC1CCC(C(=O)O)CC1. The minimum absolute atomic E-state index is 0.135. The van der Waals surface area contributed by atoms with Crippen molar-refractivity contribution < 1.29 is 9.90 Å². The van der Waals surface area contributed by atoms with Crippen LogP contribution in [0.2, 0.25) is 0 Å². The van der Waals surface area contributed by atoms with Gasteiger partial charge in [-0.2, -0.15) is 0 Å². The number of carbonyl (C=O) groups is 1. The second kappa shape index (κ2) is 6.72. The average Bonchev–Trinajstić information content (AvgIpc) is 2.38. The lowest BCUT2D eigenvalue weighted by Crippen LogP contribution is -2.34. The predicted octanol–water partition coefficient (Wildman–Crippen LogP) is 3.80. The predicted molar refractivity (Wildman–Crippen MR) is 83.8 cm³/mol. The van der Waals surface area contributed by atoms with Crippen LogP contribution in [-0.2, 0) is 11.3 Å². The second-order valence-corrected chi connectivity index (χ2v) is 6.70. The Labute approximate surface area is 128 Å². The summed E-state index contributed by atoms with van der Waals surface area (Å²) in [5, 5.41) is 12.6. The summed E-state index contributed by atoms with van der Waals surface area (Å²) in [7, 11) is 0. The van der Waals surface area contributed by atoms with Gasteiger partial charge in [-0.1, -0.05) is 15.9 Å². The van der Waals surface area contributed by atoms with Crippen LogP contribution in [-0.4, -0.2) is 17.1 Å². The maximum atomic E-state index is 10.9. The van der Waals surface area contributed by atoms with E-state index in [1.54, 1.807) is 0 Å². The molecule has 0 atom stereocenters. The molecule has 110 valence electrons. The summed E-state index contributed by atoms with van der Waals surface area (Å²) in [6.07, 6.45) is 3.52. The zero-order valence-electron chi connectivity index (χ0n) is 12.1. The van der Waals surface area contributed by atoms with Crippen LogP contribution in [0.4, 0.5) is 0 Å². The van der Waals surface area contributed by atoms with Crippen LogP contribution in [0.15, 0.2) is 16.6 Å². The topological polar surface area (TPSA) is 49.3 Å². The number of nitrogens with one attached hydrogen (secondary N) is 1. The molecule has 2 rings (SSSR count). The monoisotopic (exact) mass is 339 g/mol. The standard InChI is InChI=1S/C16H22BrNO2/c1-10-7-13(17)8-11(2)15(10)9-18-14-5-3-12(4-6-14)16(19)20/h7-8,12,14,18H,3-6,9H2,1-2H3,(H,19,20). The van der Waals surface area contributed by atoms with Gasteiger partial charge in [-0.15, -0.1) is 0 Å². The largest absolute Gasteiger partial charge is 0.481 e. The fraction of sp³-hybridized carbons (Fsp3) is 0.562. The van der Waals surface area contributed by atoms with Gasteiger partial charge < -0.3 is 10.4 Å². The number of carboxylic acid groups (broad SMARTS) is 1. The Balaban J connectivity index is 1.89. The molecule has 1 aromatic rings. The first-order valence-corrected chi connectivity index (χ1v) is 7.98. The number of benzene rings is 1. The molecule has 3 nitrogen and oxygen atoms in total. The molecule has 1 fully saturated rings. The molecule has 0 heterocycles. The number of rotatable bonds is 4. The highest BCUT2D eigenvalue weighted by atomic mass is 79.9. The Kier molecular flexibility index (Phi) is 5.22. The molecule has 1 aromatic carbocycles. The van der Waals surface area contributed by atoms with E-state index in [1.165, 1.54) is 16.7 Å². The zero-order chi connectivity index (χ0) is 14.7. The molecule has 0 aromatic heterocycles. The van der Waals surface area contributed by atoms with Gasteiger partial charge in [-0.3, -0.25) is 4.79 Å². The van der Waals surface area contributed by atoms with Crippen LogP contribution in [0.25, 0.3) is 0 Å². The Morgan fingerprint density at radius 1 is 1.25 bits per heavy atom. The summed E-state index contributed by atoms with van der Waals surface area (Å²) in [6, 6.07) is 4.74. The molecular formula is C16H22BrNO2. The van der Waals surface area contributed by atoms with Gasteiger partial charge in [0.2, 0.25) is 0 Å². The number of carboxylic acids is 1. The molecule has 0 bridgehead atoms. The highest BCUT2D eigenvalue weighted by molar-refractivity contribution is 9.10. The fourth-order valence-corrected chi connectivity index (χ4v) is 3.70. The van der Waals surface area contributed by atoms with E-state index in [-0.39, 0.29) is 5.92 Å². The summed E-state index contributed by atoms with van der Waals surface area (Å²) in [5.74, 6) is -0.771. The van der Waals surface area contributed by atoms with Crippen LogP contribution in [0.5, 0.6) is 0 Å². The first-order valence-electron chi connectivity index (χ1n) is 7.19. The number of hydrogen-bond acceptors (Lipinski definition) is 2. The third kappa shape index (κ3) is 3.83. The van der Waals surface area contributed by atoms with E-state index in [1.807, 2.05) is 0 Å². The number of aryl methyl sites for hydroxylation is 2. The normalized spacial score (nSPS) is 22.8. The van der Waals surface area contributed by atoms with Gasteiger partial charge in [0.15, 0.2) is 0 Å². The van der Waals surface area contributed by atoms with Gasteiger partial charge in [-0.25, -0.2) is 0 Å². The summed E-state index contributed by atoms with van der Waals surface area (Å²) in [4.78, 5) is 10.9. The first-order chi connectivity index (χ1) is 9.47. The molecule has 0 radical (unpaired) electrons. The Morgan fingerprint density at radius 2 is 1.80 bits per heavy atom. The van der Waals surface area contributed by atoms with Crippen molar-refractivity contribution in [2.24, 2.45) is 5.92 Å². The summed E-state index contributed by atoms with van der Waals surface area (Å²) < 4.78 is 1.12. The van der Waals surface area contributed by atoms with Gasteiger partial charge in [0.25, 0.3) is 0 Å². The highest BCUT2D eigenvalue weighted by Crippen LogP contribution is 2.25. The minimum atomic E-state index is -0.636. The Morgan fingerprint density at radius 3 is 2.30 bits per heavy atom. The van der Waals surface area contributed by atoms with E-state index in [0.29, 0.717) is 6.04 Å². The smallest absolute Gasteiger partial charge is 0.306 e. The highest BCUT2D eigenvalue weighted by Gasteiger charge is 2.25. The third-order valence-corrected chi connectivity index (χ3v) is 4.76. The maximum absolute atomic E-state index is 10.9. The lowest BCUT2D eigenvalue weighted by Gasteiger charge is -2.27. The van der Waals surface area contributed by atoms with Crippen molar-refractivity contribution in [1.29, 1.82) is 0 Å². The Hall–Kier alpha value is -0.870. The van der Waals surface area contributed by atoms with Crippen molar-refractivity contribution >= 4 is 21.9 Å². The molecule has 0 unspecified atom stereocenters. The quantitative estimate of drug-likeness (QED) is 0.877. The summed E-state index contributed by atoms with van der Waals surface area (Å²) in [6.45, 7) is 5.14. The fourth-order valence-electron chi connectivity index (χ4n) is 3.01. The first kappa shape index (κ1) is 15.5. The molecule has 1 aliphatic rings. The van der Waals surface area contributed by atoms with Crippen molar-refractivity contribution in [2.45, 2.75) is 52.1 Å². The number of aliphatic carboxylic acids is 1. The van der Waals surface area contributed by atoms with Crippen LogP contribution in [0.3, 0.4) is 0 Å². The van der Waals surface area contributed by atoms with Crippen LogP contribution < -0.4 is 5.32 Å². The van der Waals surface area contributed by atoms with Crippen LogP contribution >= 0.6 is 15.9 Å². The number of hydrogen-bond donors (Lipinski definition) is 2. The lowest BCUT2D eigenvalue weighted by molar-refractivity contribution is -0.142. The molecule has 1 aliphatic carbocycles. The van der Waals surface area contributed by atoms with E-state index < -0.39 is 5.97 Å². The van der Waals surface area contributed by atoms with E-state index in [4.69, 9.17) is 5.11 Å². The van der Waals surface area contributed by atoms with E-state index in [9.17, 15) is 4.79 Å². The molecule has 0 spiro atoms. The van der Waals surface area contributed by atoms with Gasteiger partial charge >= 0.3 is 5.97 Å². The van der Waals surface area contributed by atoms with E-state index in [0.717, 1.165) is 36.7 Å².